The first-order chi connectivity index (χ1) is 9.81. The molecule has 0 aromatic rings. The molecule has 1 fully saturated rings. The zero-order valence-corrected chi connectivity index (χ0v) is 12.9. The Labute approximate surface area is 125 Å². The van der Waals surface area contributed by atoms with Gasteiger partial charge >= 0.3 is 12.0 Å². The quantitative estimate of drug-likeness (QED) is 0.670. The van der Waals surface area contributed by atoms with Crippen molar-refractivity contribution in [2.24, 2.45) is 11.8 Å². The van der Waals surface area contributed by atoms with Crippen LogP contribution in [0.5, 0.6) is 0 Å². The van der Waals surface area contributed by atoms with Crippen molar-refractivity contribution in [3.63, 3.8) is 0 Å². The molecule has 1 rings (SSSR count). The van der Waals surface area contributed by atoms with Gasteiger partial charge in [-0.05, 0) is 18.8 Å². The Morgan fingerprint density at radius 2 is 1.95 bits per heavy atom. The van der Waals surface area contributed by atoms with Crippen LogP contribution in [0.1, 0.15) is 33.1 Å². The van der Waals surface area contributed by atoms with E-state index in [1.165, 1.54) is 11.9 Å². The molecule has 0 radical (unpaired) electrons. The molecule has 0 heterocycles. The second-order valence-corrected chi connectivity index (χ2v) is 5.99. The van der Waals surface area contributed by atoms with Crippen molar-refractivity contribution in [3.05, 3.63) is 0 Å². The summed E-state index contributed by atoms with van der Waals surface area (Å²) in [4.78, 5) is 36.0. The minimum absolute atomic E-state index is 0.0387. The zero-order valence-electron chi connectivity index (χ0n) is 12.9. The number of carboxylic acid groups (broad SMARTS) is 1. The summed E-state index contributed by atoms with van der Waals surface area (Å²) in [7, 11) is 1.52. The Balaban J connectivity index is 2.40. The molecule has 3 amide bonds. The fraction of sp³-hybridized carbons (Fsp3) is 0.786. The molecule has 0 saturated heterocycles. The second kappa shape index (κ2) is 7.85. The summed E-state index contributed by atoms with van der Waals surface area (Å²) in [6.45, 7) is 4.51. The molecule has 0 aromatic carbocycles. The van der Waals surface area contributed by atoms with Gasteiger partial charge in [-0.2, -0.15) is 0 Å². The van der Waals surface area contributed by atoms with Crippen molar-refractivity contribution >= 4 is 17.9 Å². The van der Waals surface area contributed by atoms with Crippen LogP contribution in [-0.2, 0) is 9.59 Å². The molecule has 0 aromatic heterocycles. The van der Waals surface area contributed by atoms with Crippen LogP contribution in [0.3, 0.4) is 0 Å². The molecule has 1 aliphatic carbocycles. The summed E-state index contributed by atoms with van der Waals surface area (Å²) in [5.41, 5.74) is 0. The summed E-state index contributed by atoms with van der Waals surface area (Å²) in [5, 5.41) is 14.5. The Morgan fingerprint density at radius 1 is 1.29 bits per heavy atom. The fourth-order valence-corrected chi connectivity index (χ4v) is 2.36. The predicted octanol–water partition coefficient (Wildman–Crippen LogP) is 0.653. The number of hydrogen-bond acceptors (Lipinski definition) is 3. The maximum absolute atomic E-state index is 12.0. The first-order valence-electron chi connectivity index (χ1n) is 7.32. The lowest BCUT2D eigenvalue weighted by Gasteiger charge is -2.23. The van der Waals surface area contributed by atoms with Crippen LogP contribution in [0, 0.1) is 11.8 Å². The van der Waals surface area contributed by atoms with Crippen LogP contribution >= 0.6 is 0 Å². The van der Waals surface area contributed by atoms with Crippen LogP contribution in [0.4, 0.5) is 4.79 Å². The van der Waals surface area contributed by atoms with Gasteiger partial charge in [-0.25, -0.2) is 4.79 Å². The monoisotopic (exact) mass is 299 g/mol. The highest BCUT2D eigenvalue weighted by atomic mass is 16.4. The number of hydrogen-bond donors (Lipinski definition) is 3. The molecule has 0 aliphatic heterocycles. The minimum Gasteiger partial charge on any atom is -0.481 e. The smallest absolute Gasteiger partial charge is 0.317 e. The third-order valence-corrected chi connectivity index (χ3v) is 3.58. The van der Waals surface area contributed by atoms with Gasteiger partial charge < -0.3 is 20.6 Å². The van der Waals surface area contributed by atoms with Crippen LogP contribution in [0.2, 0.25) is 0 Å². The van der Waals surface area contributed by atoms with E-state index in [0.29, 0.717) is 25.3 Å². The Bertz CT molecular complexity index is 398. The van der Waals surface area contributed by atoms with Gasteiger partial charge in [0.15, 0.2) is 0 Å². The summed E-state index contributed by atoms with van der Waals surface area (Å²) in [6, 6.07) is -0.760. The van der Waals surface area contributed by atoms with E-state index in [4.69, 9.17) is 5.11 Å². The van der Waals surface area contributed by atoms with Crippen molar-refractivity contribution in [1.82, 2.24) is 15.5 Å². The van der Waals surface area contributed by atoms with Gasteiger partial charge in [0, 0.05) is 19.6 Å². The SMILES string of the molecule is CC(C)CNC(=O)CN(C)C(=O)NC1CCCC1C(=O)O. The molecule has 7 heteroatoms. The van der Waals surface area contributed by atoms with E-state index in [2.05, 4.69) is 10.6 Å². The van der Waals surface area contributed by atoms with E-state index in [0.717, 1.165) is 6.42 Å². The predicted molar refractivity (Wildman–Crippen MR) is 77.8 cm³/mol. The summed E-state index contributed by atoms with van der Waals surface area (Å²) in [5.74, 6) is -1.28. The van der Waals surface area contributed by atoms with Crippen LogP contribution in [0.25, 0.3) is 0 Å². The molecule has 3 N–H and O–H groups in total. The summed E-state index contributed by atoms with van der Waals surface area (Å²) < 4.78 is 0. The molecule has 2 atom stereocenters. The normalized spacial score (nSPS) is 21.1. The molecule has 1 saturated carbocycles. The van der Waals surface area contributed by atoms with Crippen molar-refractivity contribution in [3.8, 4) is 0 Å². The minimum atomic E-state index is -0.880. The van der Waals surface area contributed by atoms with Gasteiger partial charge in [0.1, 0.15) is 6.54 Å². The van der Waals surface area contributed by atoms with Crippen LogP contribution < -0.4 is 10.6 Å². The van der Waals surface area contributed by atoms with Gasteiger partial charge in [-0.1, -0.05) is 20.3 Å². The Hall–Kier alpha value is -1.79. The first kappa shape index (κ1) is 17.3. The summed E-state index contributed by atoms with van der Waals surface area (Å²) in [6.07, 6.45) is 2.04. The molecule has 21 heavy (non-hydrogen) atoms. The number of aliphatic carboxylic acids is 1. The van der Waals surface area contributed by atoms with Crippen molar-refractivity contribution < 1.29 is 19.5 Å². The largest absolute Gasteiger partial charge is 0.481 e. The molecule has 0 spiro atoms. The first-order valence-corrected chi connectivity index (χ1v) is 7.32. The Kier molecular flexibility index (Phi) is 6.45. The number of urea groups is 1. The highest BCUT2D eigenvalue weighted by molar-refractivity contribution is 5.84. The number of amides is 3. The number of carbonyl (C=O) groups excluding carboxylic acids is 2. The van der Waals surface area contributed by atoms with Gasteiger partial charge in [-0.15, -0.1) is 0 Å². The van der Waals surface area contributed by atoms with Crippen LogP contribution in [-0.4, -0.2) is 54.1 Å². The maximum atomic E-state index is 12.0. The summed E-state index contributed by atoms with van der Waals surface area (Å²) >= 11 is 0. The second-order valence-electron chi connectivity index (χ2n) is 5.99. The third kappa shape index (κ3) is 5.61. The lowest BCUT2D eigenvalue weighted by molar-refractivity contribution is -0.142. The number of carboxylic acids is 1. The Morgan fingerprint density at radius 3 is 2.52 bits per heavy atom. The molecule has 0 bridgehead atoms. The molecule has 7 nitrogen and oxygen atoms in total. The van der Waals surface area contributed by atoms with E-state index in [1.807, 2.05) is 13.8 Å². The number of nitrogens with one attached hydrogen (secondary N) is 2. The molecule has 2 unspecified atom stereocenters. The van der Waals surface area contributed by atoms with Crippen LogP contribution in [0.15, 0.2) is 0 Å². The highest BCUT2D eigenvalue weighted by Gasteiger charge is 2.34. The fourth-order valence-electron chi connectivity index (χ4n) is 2.36. The average Bonchev–Trinajstić information content (AvgIpc) is 2.84. The van der Waals surface area contributed by atoms with E-state index in [9.17, 15) is 14.4 Å². The highest BCUT2D eigenvalue weighted by Crippen LogP contribution is 2.25. The van der Waals surface area contributed by atoms with Crippen molar-refractivity contribution in [1.29, 1.82) is 0 Å². The lowest BCUT2D eigenvalue weighted by Crippen LogP contribution is -2.48. The molecular weight excluding hydrogens is 274 g/mol. The van der Waals surface area contributed by atoms with Gasteiger partial charge in [0.05, 0.1) is 5.92 Å². The van der Waals surface area contributed by atoms with E-state index < -0.39 is 17.9 Å². The van der Waals surface area contributed by atoms with Crippen molar-refractivity contribution in [2.45, 2.75) is 39.2 Å². The zero-order chi connectivity index (χ0) is 16.0. The average molecular weight is 299 g/mol. The molecule has 1 aliphatic rings. The van der Waals surface area contributed by atoms with E-state index in [1.54, 1.807) is 0 Å². The standard InChI is InChI=1S/C14H25N3O4/c1-9(2)7-15-12(18)8-17(3)14(21)16-11-6-4-5-10(11)13(19)20/h9-11H,4-8H2,1-3H3,(H,15,18)(H,16,21)(H,19,20). The number of nitrogens with zero attached hydrogens (tertiary/aromatic N) is 1. The number of rotatable bonds is 6. The van der Waals surface area contributed by atoms with E-state index in [-0.39, 0.29) is 18.5 Å². The van der Waals surface area contributed by atoms with Gasteiger partial charge in [0.2, 0.25) is 5.91 Å². The van der Waals surface area contributed by atoms with Crippen molar-refractivity contribution in [2.75, 3.05) is 20.1 Å². The molecule has 120 valence electrons. The van der Waals surface area contributed by atoms with E-state index >= 15 is 0 Å². The molecular formula is C14H25N3O4. The van der Waals surface area contributed by atoms with Gasteiger partial charge in [0.25, 0.3) is 0 Å². The maximum Gasteiger partial charge on any atom is 0.317 e. The third-order valence-electron chi connectivity index (χ3n) is 3.58. The number of carbonyl (C=O) groups is 3. The topological polar surface area (TPSA) is 98.7 Å². The van der Waals surface area contributed by atoms with Gasteiger partial charge in [-0.3, -0.25) is 9.59 Å². The lowest BCUT2D eigenvalue weighted by atomic mass is 10.0. The number of likely N-dealkylation sites (N-methyl/N-ethyl adjacent to an activating group) is 1.